The van der Waals surface area contributed by atoms with Gasteiger partial charge in [0, 0.05) is 24.8 Å². The first-order valence-corrected chi connectivity index (χ1v) is 12.0. The van der Waals surface area contributed by atoms with Gasteiger partial charge in [0.05, 0.1) is 21.5 Å². The summed E-state index contributed by atoms with van der Waals surface area (Å²) in [5.41, 5.74) is 2.63. The van der Waals surface area contributed by atoms with E-state index in [2.05, 4.69) is 29.7 Å². The first-order valence-electron chi connectivity index (χ1n) is 10.8. The Bertz CT molecular complexity index is 1070. The molecular formula is C25H26ClN3O2S. The number of likely N-dealkylation sites (tertiary alicyclic amines) is 1. The van der Waals surface area contributed by atoms with Crippen molar-refractivity contribution in [2.24, 2.45) is 5.92 Å². The number of rotatable bonds is 6. The van der Waals surface area contributed by atoms with Crippen molar-refractivity contribution in [3.8, 4) is 0 Å². The van der Waals surface area contributed by atoms with E-state index in [1.165, 1.54) is 16.9 Å². The summed E-state index contributed by atoms with van der Waals surface area (Å²) < 4.78 is 0. The van der Waals surface area contributed by atoms with Gasteiger partial charge in [-0.2, -0.15) is 0 Å². The summed E-state index contributed by atoms with van der Waals surface area (Å²) in [6, 6.07) is 19.4. The predicted octanol–water partition coefficient (Wildman–Crippen LogP) is 6.07. The number of anilines is 2. The van der Waals surface area contributed by atoms with Crippen molar-refractivity contribution >= 4 is 46.1 Å². The van der Waals surface area contributed by atoms with Crippen molar-refractivity contribution in [3.63, 3.8) is 0 Å². The highest BCUT2D eigenvalue weighted by Gasteiger charge is 2.29. The molecule has 1 aliphatic heterocycles. The highest BCUT2D eigenvalue weighted by molar-refractivity contribution is 7.12. The standard InChI is InChI=1S/C25H26ClN3O2S/c1-17(18-7-3-2-4-8-18)27-22-12-11-20(15-21(22)26)28-24(30)19-9-5-13-29(16-19)25(31)23-10-6-14-32-23/h2-4,6-8,10-12,14-15,17,19,27H,5,9,13,16H2,1H3,(H,28,30). The lowest BCUT2D eigenvalue weighted by molar-refractivity contribution is -0.121. The van der Waals surface area contributed by atoms with Crippen LogP contribution in [0.1, 0.15) is 41.0 Å². The van der Waals surface area contributed by atoms with Gasteiger partial charge in [0.15, 0.2) is 0 Å². The van der Waals surface area contributed by atoms with Crippen LogP contribution in [0.5, 0.6) is 0 Å². The van der Waals surface area contributed by atoms with Crippen molar-refractivity contribution in [2.75, 3.05) is 23.7 Å². The number of carbonyl (C=O) groups excluding carboxylic acids is 2. The molecule has 2 unspecified atom stereocenters. The number of benzene rings is 2. The third kappa shape index (κ3) is 5.31. The Hall–Kier alpha value is -2.83. The van der Waals surface area contributed by atoms with E-state index in [0.717, 1.165) is 18.5 Å². The second-order valence-electron chi connectivity index (χ2n) is 8.03. The Kier molecular flexibility index (Phi) is 7.12. The molecule has 166 valence electrons. The van der Waals surface area contributed by atoms with E-state index in [9.17, 15) is 9.59 Å². The maximum Gasteiger partial charge on any atom is 0.263 e. The van der Waals surface area contributed by atoms with E-state index in [0.29, 0.717) is 28.7 Å². The van der Waals surface area contributed by atoms with Gasteiger partial charge in [-0.3, -0.25) is 9.59 Å². The van der Waals surface area contributed by atoms with Gasteiger partial charge in [-0.05, 0) is 55.0 Å². The molecule has 4 rings (SSSR count). The molecule has 2 N–H and O–H groups in total. The topological polar surface area (TPSA) is 61.4 Å². The number of amides is 2. The Balaban J connectivity index is 1.37. The van der Waals surface area contributed by atoms with Crippen molar-refractivity contribution in [1.82, 2.24) is 4.90 Å². The maximum absolute atomic E-state index is 12.9. The van der Waals surface area contributed by atoms with E-state index >= 15 is 0 Å². The SMILES string of the molecule is CC(Nc1ccc(NC(=O)C2CCCN(C(=O)c3cccs3)C2)cc1Cl)c1ccccc1. The number of halogens is 1. The maximum atomic E-state index is 12.9. The Morgan fingerprint density at radius 2 is 1.94 bits per heavy atom. The molecular weight excluding hydrogens is 442 g/mol. The molecule has 0 aliphatic carbocycles. The molecule has 0 saturated carbocycles. The van der Waals surface area contributed by atoms with Gasteiger partial charge in [0.25, 0.3) is 5.91 Å². The summed E-state index contributed by atoms with van der Waals surface area (Å²) in [7, 11) is 0. The number of hydrogen-bond donors (Lipinski definition) is 2. The largest absolute Gasteiger partial charge is 0.377 e. The molecule has 2 heterocycles. The molecule has 2 amide bonds. The van der Waals surface area contributed by atoms with Crippen LogP contribution < -0.4 is 10.6 Å². The van der Waals surface area contributed by atoms with Crippen molar-refractivity contribution in [2.45, 2.75) is 25.8 Å². The van der Waals surface area contributed by atoms with E-state index in [4.69, 9.17) is 11.6 Å². The van der Waals surface area contributed by atoms with E-state index in [1.54, 1.807) is 11.0 Å². The summed E-state index contributed by atoms with van der Waals surface area (Å²) >= 11 is 7.92. The summed E-state index contributed by atoms with van der Waals surface area (Å²) in [4.78, 5) is 28.0. The predicted molar refractivity (Wildman–Crippen MR) is 132 cm³/mol. The summed E-state index contributed by atoms with van der Waals surface area (Å²) in [6.07, 6.45) is 1.58. The molecule has 1 fully saturated rings. The molecule has 7 heteroatoms. The zero-order valence-corrected chi connectivity index (χ0v) is 19.5. The average molecular weight is 468 g/mol. The molecule has 0 spiro atoms. The van der Waals surface area contributed by atoms with Gasteiger partial charge in [-0.25, -0.2) is 0 Å². The minimum Gasteiger partial charge on any atom is -0.377 e. The fourth-order valence-electron chi connectivity index (χ4n) is 3.94. The third-order valence-corrected chi connectivity index (χ3v) is 6.89. The highest BCUT2D eigenvalue weighted by atomic mass is 35.5. The molecule has 1 aromatic heterocycles. The molecule has 1 saturated heterocycles. The van der Waals surface area contributed by atoms with Crippen LogP contribution in [0.3, 0.4) is 0 Å². The van der Waals surface area contributed by atoms with Gasteiger partial charge in [0.1, 0.15) is 0 Å². The molecule has 2 aromatic carbocycles. The van der Waals surface area contributed by atoms with Crippen molar-refractivity contribution in [3.05, 3.63) is 81.5 Å². The molecule has 0 radical (unpaired) electrons. The second kappa shape index (κ2) is 10.2. The quantitative estimate of drug-likeness (QED) is 0.462. The smallest absolute Gasteiger partial charge is 0.263 e. The monoisotopic (exact) mass is 467 g/mol. The van der Waals surface area contributed by atoms with Crippen molar-refractivity contribution < 1.29 is 9.59 Å². The number of nitrogens with zero attached hydrogens (tertiary/aromatic N) is 1. The van der Waals surface area contributed by atoms with Crippen LogP contribution in [0.4, 0.5) is 11.4 Å². The molecule has 3 aromatic rings. The highest BCUT2D eigenvalue weighted by Crippen LogP contribution is 2.30. The van der Waals surface area contributed by atoms with Crippen LogP contribution in [-0.4, -0.2) is 29.8 Å². The summed E-state index contributed by atoms with van der Waals surface area (Å²) in [5, 5.41) is 8.82. The van der Waals surface area contributed by atoms with Crippen LogP contribution in [0, 0.1) is 5.92 Å². The molecule has 1 aliphatic rings. The van der Waals surface area contributed by atoms with E-state index in [1.807, 2.05) is 47.8 Å². The number of thiophene rings is 1. The Labute approximate surface area is 197 Å². The molecule has 32 heavy (non-hydrogen) atoms. The van der Waals surface area contributed by atoms with Crippen LogP contribution in [0.2, 0.25) is 5.02 Å². The number of carbonyl (C=O) groups is 2. The van der Waals surface area contributed by atoms with E-state index < -0.39 is 0 Å². The van der Waals surface area contributed by atoms with E-state index in [-0.39, 0.29) is 23.8 Å². The van der Waals surface area contributed by atoms with Gasteiger partial charge in [-0.1, -0.05) is 48.0 Å². The zero-order chi connectivity index (χ0) is 22.5. The normalized spacial score (nSPS) is 16.9. The first kappa shape index (κ1) is 22.4. The number of hydrogen-bond acceptors (Lipinski definition) is 4. The van der Waals surface area contributed by atoms with Crippen LogP contribution >= 0.6 is 22.9 Å². The Morgan fingerprint density at radius 3 is 2.66 bits per heavy atom. The Morgan fingerprint density at radius 1 is 1.12 bits per heavy atom. The lowest BCUT2D eigenvalue weighted by Gasteiger charge is -2.31. The van der Waals surface area contributed by atoms with Crippen LogP contribution in [-0.2, 0) is 4.79 Å². The minimum atomic E-state index is -0.234. The van der Waals surface area contributed by atoms with Gasteiger partial charge < -0.3 is 15.5 Å². The number of nitrogens with one attached hydrogen (secondary N) is 2. The molecule has 5 nitrogen and oxygen atoms in total. The van der Waals surface area contributed by atoms with Crippen molar-refractivity contribution in [1.29, 1.82) is 0 Å². The van der Waals surface area contributed by atoms with Gasteiger partial charge in [0.2, 0.25) is 5.91 Å². The fourth-order valence-corrected chi connectivity index (χ4v) is 4.87. The average Bonchev–Trinajstić information content (AvgIpc) is 3.36. The molecule has 0 bridgehead atoms. The number of piperidine rings is 1. The lowest BCUT2D eigenvalue weighted by Crippen LogP contribution is -2.43. The summed E-state index contributed by atoms with van der Waals surface area (Å²) in [6.45, 7) is 3.20. The second-order valence-corrected chi connectivity index (χ2v) is 9.38. The minimum absolute atomic E-state index is 0.00325. The molecule has 2 atom stereocenters. The zero-order valence-electron chi connectivity index (χ0n) is 17.9. The van der Waals surface area contributed by atoms with Gasteiger partial charge in [-0.15, -0.1) is 11.3 Å². The van der Waals surface area contributed by atoms with Crippen LogP contribution in [0.25, 0.3) is 0 Å². The summed E-state index contributed by atoms with van der Waals surface area (Å²) in [5.74, 6) is -0.311. The van der Waals surface area contributed by atoms with Crippen LogP contribution in [0.15, 0.2) is 66.0 Å². The first-order chi connectivity index (χ1) is 15.5. The lowest BCUT2D eigenvalue weighted by atomic mass is 9.97. The third-order valence-electron chi connectivity index (χ3n) is 5.72. The fraction of sp³-hybridized carbons (Fsp3) is 0.280. The van der Waals surface area contributed by atoms with Gasteiger partial charge >= 0.3 is 0 Å².